The van der Waals surface area contributed by atoms with E-state index in [1.54, 1.807) is 19.1 Å². The fourth-order valence-corrected chi connectivity index (χ4v) is 4.80. The van der Waals surface area contributed by atoms with Crippen molar-refractivity contribution in [2.75, 3.05) is 6.54 Å². The van der Waals surface area contributed by atoms with Crippen LogP contribution in [0.5, 0.6) is 0 Å². The molecule has 2 aliphatic rings. The van der Waals surface area contributed by atoms with E-state index in [-0.39, 0.29) is 23.5 Å². The van der Waals surface area contributed by atoms with Gasteiger partial charge in [-0.1, -0.05) is 53.5 Å². The van der Waals surface area contributed by atoms with Gasteiger partial charge in [0.05, 0.1) is 6.04 Å². The molecular formula is C22H21Cl2N3O3. The fourth-order valence-electron chi connectivity index (χ4n) is 4.21. The van der Waals surface area contributed by atoms with E-state index in [9.17, 15) is 14.4 Å². The highest BCUT2D eigenvalue weighted by Gasteiger charge is 2.50. The van der Waals surface area contributed by atoms with Gasteiger partial charge in [0.25, 0.3) is 5.91 Å². The molecule has 0 bridgehead atoms. The molecule has 0 saturated carbocycles. The maximum Gasteiger partial charge on any atom is 0.325 e. The Morgan fingerprint density at radius 3 is 2.77 bits per heavy atom. The molecule has 0 radical (unpaired) electrons. The van der Waals surface area contributed by atoms with Crippen LogP contribution in [0.25, 0.3) is 0 Å². The molecule has 1 saturated heterocycles. The van der Waals surface area contributed by atoms with E-state index in [4.69, 9.17) is 23.2 Å². The van der Waals surface area contributed by atoms with Crippen LogP contribution in [0.2, 0.25) is 10.0 Å². The van der Waals surface area contributed by atoms with Crippen LogP contribution in [0.15, 0.2) is 42.5 Å². The van der Waals surface area contributed by atoms with Gasteiger partial charge in [-0.05, 0) is 49.4 Å². The van der Waals surface area contributed by atoms with Crippen molar-refractivity contribution in [2.45, 2.75) is 37.8 Å². The molecule has 1 aliphatic carbocycles. The molecule has 0 aromatic heterocycles. The number of halogens is 2. The number of nitrogens with zero attached hydrogens (tertiary/aromatic N) is 1. The summed E-state index contributed by atoms with van der Waals surface area (Å²) in [5.74, 6) is -0.914. The van der Waals surface area contributed by atoms with Gasteiger partial charge >= 0.3 is 6.03 Å². The first-order chi connectivity index (χ1) is 14.3. The van der Waals surface area contributed by atoms with Gasteiger partial charge in [-0.3, -0.25) is 14.5 Å². The number of benzene rings is 2. The van der Waals surface area contributed by atoms with Gasteiger partial charge in [0.2, 0.25) is 5.91 Å². The van der Waals surface area contributed by atoms with Crippen molar-refractivity contribution >= 4 is 41.0 Å². The van der Waals surface area contributed by atoms with Crippen molar-refractivity contribution in [3.05, 3.63) is 69.2 Å². The molecule has 4 amide bonds. The van der Waals surface area contributed by atoms with Crippen LogP contribution in [-0.2, 0) is 21.5 Å². The zero-order valence-electron chi connectivity index (χ0n) is 16.4. The lowest BCUT2D eigenvalue weighted by Crippen LogP contribution is -2.44. The maximum absolute atomic E-state index is 13.1. The number of carbonyl (C=O) groups excluding carboxylic acids is 3. The van der Waals surface area contributed by atoms with Crippen LogP contribution in [0.3, 0.4) is 0 Å². The van der Waals surface area contributed by atoms with Gasteiger partial charge in [-0.15, -0.1) is 0 Å². The summed E-state index contributed by atoms with van der Waals surface area (Å²) in [6.45, 7) is 1.21. The van der Waals surface area contributed by atoms with Crippen molar-refractivity contribution in [1.82, 2.24) is 15.5 Å². The smallest absolute Gasteiger partial charge is 0.325 e. The van der Waals surface area contributed by atoms with Crippen LogP contribution < -0.4 is 10.6 Å². The SMILES string of the molecule is C[C@]1(c2ccc(Cl)cc2Cl)NC(=O)N(CC(=O)N[C@H]2CCCc3ccccc32)C1=O. The van der Waals surface area contributed by atoms with Gasteiger partial charge in [0, 0.05) is 15.6 Å². The topological polar surface area (TPSA) is 78.5 Å². The van der Waals surface area contributed by atoms with Crippen LogP contribution in [-0.4, -0.2) is 29.3 Å². The number of amides is 4. The third-order valence-electron chi connectivity index (χ3n) is 5.75. The number of aryl methyl sites for hydroxylation is 1. The molecule has 30 heavy (non-hydrogen) atoms. The highest BCUT2D eigenvalue weighted by molar-refractivity contribution is 6.35. The number of hydrogen-bond acceptors (Lipinski definition) is 3. The molecule has 6 nitrogen and oxygen atoms in total. The molecule has 156 valence electrons. The van der Waals surface area contributed by atoms with E-state index in [2.05, 4.69) is 16.7 Å². The Morgan fingerprint density at radius 2 is 2.00 bits per heavy atom. The first kappa shape index (κ1) is 20.7. The molecule has 8 heteroatoms. The second-order valence-corrected chi connectivity index (χ2v) is 8.63. The van der Waals surface area contributed by atoms with Gasteiger partial charge in [-0.2, -0.15) is 0 Å². The molecule has 1 fully saturated rings. The standard InChI is InChI=1S/C22H21Cl2N3O3/c1-22(16-10-9-14(23)11-17(16)24)20(29)27(21(30)26-22)12-19(28)25-18-8-4-6-13-5-2-3-7-15(13)18/h2-3,5,7,9-11,18H,4,6,8,12H2,1H3,(H,25,28)(H,26,30)/t18-,22+/m0/s1. The Kier molecular flexibility index (Phi) is 5.47. The minimum atomic E-state index is -1.36. The van der Waals surface area contributed by atoms with Crippen molar-refractivity contribution in [1.29, 1.82) is 0 Å². The van der Waals surface area contributed by atoms with Crippen LogP contribution in [0.4, 0.5) is 4.79 Å². The van der Waals surface area contributed by atoms with Crippen LogP contribution >= 0.6 is 23.2 Å². The first-order valence-electron chi connectivity index (χ1n) is 9.76. The van der Waals surface area contributed by atoms with E-state index < -0.39 is 17.5 Å². The molecule has 2 aromatic carbocycles. The number of carbonyl (C=O) groups is 3. The lowest BCUT2D eigenvalue weighted by Gasteiger charge is -2.27. The molecule has 2 aromatic rings. The molecule has 2 N–H and O–H groups in total. The molecular weight excluding hydrogens is 425 g/mol. The highest BCUT2D eigenvalue weighted by atomic mass is 35.5. The summed E-state index contributed by atoms with van der Waals surface area (Å²) in [6.07, 6.45) is 2.77. The summed E-state index contributed by atoms with van der Waals surface area (Å²) in [4.78, 5) is 39.2. The summed E-state index contributed by atoms with van der Waals surface area (Å²) >= 11 is 12.2. The summed E-state index contributed by atoms with van der Waals surface area (Å²) in [7, 11) is 0. The van der Waals surface area contributed by atoms with Gasteiger partial charge in [-0.25, -0.2) is 4.79 Å². The third-order valence-corrected chi connectivity index (χ3v) is 6.30. The summed E-state index contributed by atoms with van der Waals surface area (Å²) < 4.78 is 0. The largest absolute Gasteiger partial charge is 0.348 e. The average molecular weight is 446 g/mol. The molecule has 1 aliphatic heterocycles. The Balaban J connectivity index is 1.49. The molecule has 1 heterocycles. The lowest BCUT2D eigenvalue weighted by atomic mass is 9.88. The van der Waals surface area contributed by atoms with E-state index in [0.717, 1.165) is 29.7 Å². The van der Waals surface area contributed by atoms with Crippen LogP contribution in [0, 0.1) is 0 Å². The number of rotatable bonds is 4. The first-order valence-corrected chi connectivity index (χ1v) is 10.5. The third kappa shape index (κ3) is 3.66. The van der Waals surface area contributed by atoms with Gasteiger partial charge in [0.15, 0.2) is 0 Å². The van der Waals surface area contributed by atoms with Gasteiger partial charge in [0.1, 0.15) is 12.1 Å². The zero-order chi connectivity index (χ0) is 21.5. The Bertz CT molecular complexity index is 1040. The monoisotopic (exact) mass is 445 g/mol. The average Bonchev–Trinajstić information content (AvgIpc) is 2.92. The second kappa shape index (κ2) is 7.93. The normalized spacial score (nSPS) is 23.2. The van der Waals surface area contributed by atoms with Crippen LogP contribution in [0.1, 0.15) is 42.5 Å². The van der Waals surface area contributed by atoms with E-state index in [1.165, 1.54) is 11.6 Å². The van der Waals surface area contributed by atoms with Crippen molar-refractivity contribution in [2.24, 2.45) is 0 Å². The number of urea groups is 1. The summed E-state index contributed by atoms with van der Waals surface area (Å²) in [5.41, 5.74) is 1.37. The molecule has 2 atom stereocenters. The number of imide groups is 1. The predicted octanol–water partition coefficient (Wildman–Crippen LogP) is 3.95. The summed E-state index contributed by atoms with van der Waals surface area (Å²) in [6, 6.07) is 12.0. The Hall–Kier alpha value is -2.57. The zero-order valence-corrected chi connectivity index (χ0v) is 17.9. The van der Waals surface area contributed by atoms with E-state index >= 15 is 0 Å². The van der Waals surface area contributed by atoms with E-state index in [0.29, 0.717) is 10.6 Å². The Morgan fingerprint density at radius 1 is 1.23 bits per heavy atom. The summed E-state index contributed by atoms with van der Waals surface area (Å²) in [5, 5.41) is 6.33. The fraction of sp³-hybridized carbons (Fsp3) is 0.318. The maximum atomic E-state index is 13.1. The second-order valence-electron chi connectivity index (χ2n) is 7.78. The van der Waals surface area contributed by atoms with Crippen molar-refractivity contribution in [3.63, 3.8) is 0 Å². The lowest BCUT2D eigenvalue weighted by molar-refractivity contribution is -0.135. The highest BCUT2D eigenvalue weighted by Crippen LogP contribution is 2.35. The minimum absolute atomic E-state index is 0.125. The number of hydrogen-bond donors (Lipinski definition) is 2. The molecule has 4 rings (SSSR count). The predicted molar refractivity (Wildman–Crippen MR) is 114 cm³/mol. The quantitative estimate of drug-likeness (QED) is 0.699. The van der Waals surface area contributed by atoms with E-state index in [1.807, 2.05) is 18.2 Å². The van der Waals surface area contributed by atoms with Crippen molar-refractivity contribution < 1.29 is 14.4 Å². The van der Waals surface area contributed by atoms with Gasteiger partial charge < -0.3 is 10.6 Å². The van der Waals surface area contributed by atoms with Crippen molar-refractivity contribution in [3.8, 4) is 0 Å². The number of fused-ring (bicyclic) bond motifs is 1. The minimum Gasteiger partial charge on any atom is -0.348 e. The Labute approximate surface area is 184 Å². The molecule has 0 spiro atoms. The molecule has 0 unspecified atom stereocenters. The number of nitrogens with one attached hydrogen (secondary N) is 2.